The van der Waals surface area contributed by atoms with Crippen molar-refractivity contribution in [2.75, 3.05) is 0 Å². The molecule has 0 amide bonds. The topological polar surface area (TPSA) is 0 Å². The van der Waals surface area contributed by atoms with Gasteiger partial charge in [0, 0.05) is 0 Å². The van der Waals surface area contributed by atoms with Crippen molar-refractivity contribution in [3.63, 3.8) is 0 Å². The summed E-state index contributed by atoms with van der Waals surface area (Å²) in [6.07, 6.45) is 4.92. The van der Waals surface area contributed by atoms with Crippen molar-refractivity contribution in [2.45, 2.75) is 68.8 Å². The summed E-state index contributed by atoms with van der Waals surface area (Å²) in [6, 6.07) is 26.9. The van der Waals surface area contributed by atoms with Crippen LogP contribution < -0.4 is 0 Å². The van der Waals surface area contributed by atoms with Crippen molar-refractivity contribution < 1.29 is 15.6 Å². The number of hydrogen-bond acceptors (Lipinski definition) is 0. The number of rotatable bonds is 6. The van der Waals surface area contributed by atoms with Crippen LogP contribution in [-0.2, 0) is 15.6 Å². The van der Waals surface area contributed by atoms with E-state index in [0.717, 1.165) is 0 Å². The van der Waals surface area contributed by atoms with E-state index in [2.05, 4.69) is 147 Å². The van der Waals surface area contributed by atoms with Crippen LogP contribution in [0.5, 0.6) is 0 Å². The van der Waals surface area contributed by atoms with Gasteiger partial charge in [-0.2, -0.15) is 0 Å². The molecule has 0 saturated heterocycles. The SMILES string of the molecule is CC1=Cc2c(-c3ccccc3)ccc(C)c2[CH]1[Zr]([Cl])([Cl])([CH]1C(C(C)C)=Cc2c(-c3ccc(C)c(C)c3C)cccc21)[SiH](C)C. The normalized spacial score (nSPS) is 18.6. The molecule has 0 bridgehead atoms. The second-order valence-corrected chi connectivity index (χ2v) is 56.6. The summed E-state index contributed by atoms with van der Waals surface area (Å²) in [5.41, 5.74) is 18.7. The predicted octanol–water partition coefficient (Wildman–Crippen LogP) is 12.5. The van der Waals surface area contributed by atoms with E-state index < -0.39 is 21.5 Å². The molecule has 2 unspecified atom stereocenters. The molecule has 0 radical (unpaired) electrons. The molecule has 4 heteroatoms. The van der Waals surface area contributed by atoms with Gasteiger partial charge in [0.25, 0.3) is 0 Å². The zero-order valence-electron chi connectivity index (χ0n) is 27.6. The maximum atomic E-state index is 8.63. The van der Waals surface area contributed by atoms with Gasteiger partial charge >= 0.3 is 276 Å². The zero-order valence-corrected chi connectivity index (χ0v) is 32.8. The van der Waals surface area contributed by atoms with Crippen LogP contribution in [0.25, 0.3) is 34.4 Å². The maximum absolute atomic E-state index is 8.63. The fourth-order valence-electron chi connectivity index (χ4n) is 8.26. The first-order valence-electron chi connectivity index (χ1n) is 16.1. The molecule has 0 nitrogen and oxygen atoms in total. The molecule has 2 aliphatic rings. The van der Waals surface area contributed by atoms with Gasteiger partial charge in [-0.05, 0) is 0 Å². The van der Waals surface area contributed by atoms with Crippen molar-refractivity contribution >= 4 is 35.1 Å². The Kier molecular flexibility index (Phi) is 8.28. The third-order valence-electron chi connectivity index (χ3n) is 11.0. The Morgan fingerprint density at radius 1 is 0.636 bits per heavy atom. The van der Waals surface area contributed by atoms with E-state index in [-0.39, 0.29) is 7.25 Å². The molecule has 4 aromatic carbocycles. The van der Waals surface area contributed by atoms with Gasteiger partial charge in [-0.25, -0.2) is 0 Å². The van der Waals surface area contributed by atoms with Crippen molar-refractivity contribution in [3.8, 4) is 22.3 Å². The Balaban J connectivity index is 1.62. The Labute approximate surface area is 274 Å². The summed E-state index contributed by atoms with van der Waals surface area (Å²) in [6.45, 7) is 20.8. The zero-order chi connectivity index (χ0) is 31.7. The van der Waals surface area contributed by atoms with Gasteiger partial charge in [-0.15, -0.1) is 0 Å². The Bertz CT molecular complexity index is 1860. The second-order valence-electron chi connectivity index (χ2n) is 14.0. The summed E-state index contributed by atoms with van der Waals surface area (Å²) in [7, 11) is 17.3. The molecular formula is C40H45Cl2SiZr. The average Bonchev–Trinajstić information content (AvgIpc) is 3.57. The van der Waals surface area contributed by atoms with Gasteiger partial charge in [0.05, 0.1) is 0 Å². The first kappa shape index (κ1) is 32.0. The Hall–Kier alpha value is -1.96. The average molecular weight is 716 g/mol. The van der Waals surface area contributed by atoms with Crippen LogP contribution in [0.3, 0.4) is 0 Å². The molecule has 0 heterocycles. The predicted molar refractivity (Wildman–Crippen MR) is 195 cm³/mol. The molecule has 0 saturated carbocycles. The summed E-state index contributed by atoms with van der Waals surface area (Å²) in [4.78, 5) is 0. The number of benzene rings is 4. The summed E-state index contributed by atoms with van der Waals surface area (Å²) in [5.74, 6) is -1.27. The van der Waals surface area contributed by atoms with Crippen LogP contribution in [0.15, 0.2) is 83.9 Å². The van der Waals surface area contributed by atoms with Crippen LogP contribution in [0.2, 0.25) is 13.1 Å². The standard InChI is InChI=1S/C21H23.C17H15.C2H7Si.2ClH.Zr/c1-13(2)18-11-17-7-6-8-20(21(17)12-18)19-10-9-14(3)15(4)16(19)5;1-12-10-16-13(2)8-9-15(17(16)11-12)14-6-4-3-5-7-14;1-3-2;;;/h6-13H,1-5H3;3-11H,1-2H3;3H,1-2H3;2*1H;/q;;;;;+2/p-2. The van der Waals surface area contributed by atoms with Crippen LogP contribution in [0.1, 0.15) is 72.5 Å². The molecule has 0 N–H and O–H groups in total. The van der Waals surface area contributed by atoms with E-state index in [1.54, 1.807) is 0 Å². The van der Waals surface area contributed by atoms with Gasteiger partial charge in [0.15, 0.2) is 0 Å². The molecule has 6 rings (SSSR count). The summed E-state index contributed by atoms with van der Waals surface area (Å²) in [5, 5.41) is 0. The Morgan fingerprint density at radius 3 is 1.95 bits per heavy atom. The molecule has 0 aliphatic heterocycles. The molecule has 4 aromatic rings. The van der Waals surface area contributed by atoms with Crippen LogP contribution in [-0.4, -0.2) is 5.92 Å². The molecule has 0 fully saturated rings. The monoisotopic (exact) mass is 713 g/mol. The number of allylic oxidation sites excluding steroid dienone is 2. The molecule has 2 atom stereocenters. The van der Waals surface area contributed by atoms with Gasteiger partial charge in [0.1, 0.15) is 0 Å². The third kappa shape index (κ3) is 4.69. The van der Waals surface area contributed by atoms with E-state index in [4.69, 9.17) is 17.0 Å². The van der Waals surface area contributed by atoms with Crippen molar-refractivity contribution in [2.24, 2.45) is 5.92 Å². The minimum atomic E-state index is -4.82. The van der Waals surface area contributed by atoms with Gasteiger partial charge in [0.2, 0.25) is 0 Å². The van der Waals surface area contributed by atoms with Crippen LogP contribution in [0, 0.1) is 33.6 Å². The summed E-state index contributed by atoms with van der Waals surface area (Å²) >= 11 is -4.82. The van der Waals surface area contributed by atoms with E-state index in [9.17, 15) is 0 Å². The first-order valence-corrected chi connectivity index (χ1v) is 32.4. The van der Waals surface area contributed by atoms with Crippen molar-refractivity contribution in [1.29, 1.82) is 0 Å². The molecule has 2 aliphatic carbocycles. The van der Waals surface area contributed by atoms with Crippen LogP contribution >= 0.6 is 17.0 Å². The molecule has 0 spiro atoms. The number of hydrogen-bond donors (Lipinski definition) is 0. The molecule has 227 valence electrons. The Morgan fingerprint density at radius 2 is 1.30 bits per heavy atom. The number of fused-ring (bicyclic) bond motifs is 2. The van der Waals surface area contributed by atoms with Crippen molar-refractivity contribution in [1.82, 2.24) is 0 Å². The van der Waals surface area contributed by atoms with E-state index >= 15 is 0 Å². The van der Waals surface area contributed by atoms with Gasteiger partial charge in [-0.3, -0.25) is 0 Å². The fraction of sp³-hybridized carbons (Fsp3) is 0.300. The van der Waals surface area contributed by atoms with Crippen LogP contribution in [0.4, 0.5) is 0 Å². The van der Waals surface area contributed by atoms with Gasteiger partial charge < -0.3 is 0 Å². The van der Waals surface area contributed by atoms with E-state index in [1.165, 1.54) is 77.9 Å². The van der Waals surface area contributed by atoms with E-state index in [1.807, 2.05) is 0 Å². The van der Waals surface area contributed by atoms with E-state index in [0.29, 0.717) is 5.92 Å². The fourth-order valence-corrected chi connectivity index (χ4v) is 40.5. The first-order chi connectivity index (χ1) is 20.8. The molecular weight excluding hydrogens is 671 g/mol. The van der Waals surface area contributed by atoms with Crippen molar-refractivity contribution in [3.05, 3.63) is 128 Å². The summed E-state index contributed by atoms with van der Waals surface area (Å²) < 4.78 is 0.183. The third-order valence-corrected chi connectivity index (χ3v) is 62.9. The minimum absolute atomic E-state index is 0.0901. The number of aryl methyl sites for hydroxylation is 2. The molecule has 0 aromatic heterocycles. The molecule has 44 heavy (non-hydrogen) atoms. The quantitative estimate of drug-likeness (QED) is 0.174. The van der Waals surface area contributed by atoms with Gasteiger partial charge in [-0.1, -0.05) is 0 Å². The number of halogens is 2. The second kappa shape index (κ2) is 11.4.